The molecule has 8 heteroatoms. The minimum Gasteiger partial charge on any atom is -0.482 e. The molecule has 0 saturated heterocycles. The average molecular weight is 371 g/mol. The Balaban J connectivity index is 1.69. The first-order chi connectivity index (χ1) is 13.1. The van der Waals surface area contributed by atoms with E-state index in [9.17, 15) is 14.4 Å². The summed E-state index contributed by atoms with van der Waals surface area (Å²) in [4.78, 5) is 34.0. The summed E-state index contributed by atoms with van der Waals surface area (Å²) in [7, 11) is 1.45. The second kappa shape index (κ2) is 10.4. The fourth-order valence-corrected chi connectivity index (χ4v) is 1.97. The molecule has 0 heterocycles. The number of hydrogen-bond acceptors (Lipinski definition) is 6. The maximum Gasteiger partial charge on any atom is 0.344 e. The number of anilines is 2. The van der Waals surface area contributed by atoms with E-state index in [0.29, 0.717) is 5.75 Å². The van der Waals surface area contributed by atoms with Gasteiger partial charge in [-0.2, -0.15) is 0 Å². The quantitative estimate of drug-likeness (QED) is 0.572. The van der Waals surface area contributed by atoms with Crippen LogP contribution in [0, 0.1) is 0 Å². The molecule has 0 unspecified atom stereocenters. The van der Waals surface area contributed by atoms with Crippen molar-refractivity contribution >= 4 is 29.2 Å². The van der Waals surface area contributed by atoms with Gasteiger partial charge in [-0.1, -0.05) is 18.2 Å². The van der Waals surface area contributed by atoms with Crippen molar-refractivity contribution < 1.29 is 23.9 Å². The normalized spacial score (nSPS) is 9.81. The first-order valence-corrected chi connectivity index (χ1v) is 8.24. The molecule has 0 aliphatic heterocycles. The van der Waals surface area contributed by atoms with Crippen LogP contribution in [0.4, 0.5) is 11.4 Å². The van der Waals surface area contributed by atoms with Gasteiger partial charge in [-0.05, 0) is 36.4 Å². The van der Waals surface area contributed by atoms with E-state index in [-0.39, 0.29) is 19.1 Å². The Morgan fingerprint density at radius 1 is 0.852 bits per heavy atom. The van der Waals surface area contributed by atoms with Crippen molar-refractivity contribution in [2.75, 3.05) is 32.1 Å². The number of para-hydroxylation sites is 1. The zero-order valence-electron chi connectivity index (χ0n) is 14.9. The van der Waals surface area contributed by atoms with E-state index >= 15 is 0 Å². The third-order valence-electron chi connectivity index (χ3n) is 3.36. The molecule has 0 fully saturated rings. The minimum atomic E-state index is -0.684. The molecule has 142 valence electrons. The number of benzene rings is 2. The summed E-state index contributed by atoms with van der Waals surface area (Å²) >= 11 is 0. The third-order valence-corrected chi connectivity index (χ3v) is 3.36. The molecule has 0 spiro atoms. The molecule has 0 aliphatic carbocycles. The van der Waals surface area contributed by atoms with Gasteiger partial charge >= 0.3 is 5.97 Å². The zero-order chi connectivity index (χ0) is 19.5. The highest BCUT2D eigenvalue weighted by atomic mass is 16.6. The number of carbonyl (C=O) groups excluding carboxylic acids is 3. The van der Waals surface area contributed by atoms with Gasteiger partial charge in [0.25, 0.3) is 5.91 Å². The standard InChI is InChI=1S/C19H21N3O5/c1-20-17(23)11-21-18(24)12-27-19(25)13-26-16-9-7-15(8-10-16)22-14-5-3-2-4-6-14/h2-10,22H,11-13H2,1H3,(H,20,23)(H,21,24). The number of carbonyl (C=O) groups is 3. The van der Waals surface area contributed by atoms with Gasteiger partial charge in [-0.25, -0.2) is 4.79 Å². The molecule has 2 aromatic rings. The topological polar surface area (TPSA) is 106 Å². The first-order valence-electron chi connectivity index (χ1n) is 8.24. The van der Waals surface area contributed by atoms with E-state index in [1.807, 2.05) is 42.5 Å². The monoisotopic (exact) mass is 371 g/mol. The first kappa shape index (κ1) is 19.8. The largest absolute Gasteiger partial charge is 0.482 e. The van der Waals surface area contributed by atoms with Crippen molar-refractivity contribution in [3.8, 4) is 5.75 Å². The average Bonchev–Trinajstić information content (AvgIpc) is 2.70. The Morgan fingerprint density at radius 3 is 2.19 bits per heavy atom. The van der Waals surface area contributed by atoms with Gasteiger partial charge in [0.15, 0.2) is 13.2 Å². The molecule has 2 aromatic carbocycles. The molecule has 0 atom stereocenters. The third kappa shape index (κ3) is 7.47. The highest BCUT2D eigenvalue weighted by molar-refractivity contribution is 5.86. The lowest BCUT2D eigenvalue weighted by atomic mass is 10.2. The van der Waals surface area contributed by atoms with Crippen molar-refractivity contribution in [1.29, 1.82) is 0 Å². The Kier molecular flexibility index (Phi) is 7.65. The molecule has 3 N–H and O–H groups in total. The molecule has 0 aromatic heterocycles. The molecule has 8 nitrogen and oxygen atoms in total. The fraction of sp³-hybridized carbons (Fsp3) is 0.211. The molecule has 2 rings (SSSR count). The van der Waals surface area contributed by atoms with Gasteiger partial charge in [0.1, 0.15) is 5.75 Å². The lowest BCUT2D eigenvalue weighted by Gasteiger charge is -2.09. The van der Waals surface area contributed by atoms with Crippen LogP contribution in [0.3, 0.4) is 0 Å². The van der Waals surface area contributed by atoms with Crippen LogP contribution in [0.1, 0.15) is 0 Å². The van der Waals surface area contributed by atoms with Crippen LogP contribution in [0.5, 0.6) is 5.75 Å². The van der Waals surface area contributed by atoms with Crippen LogP contribution in [-0.2, 0) is 19.1 Å². The summed E-state index contributed by atoms with van der Waals surface area (Å²) in [5, 5.41) is 7.90. The lowest BCUT2D eigenvalue weighted by molar-refractivity contribution is -0.150. The lowest BCUT2D eigenvalue weighted by Crippen LogP contribution is -2.37. The highest BCUT2D eigenvalue weighted by Gasteiger charge is 2.09. The maximum atomic E-state index is 11.6. The Morgan fingerprint density at radius 2 is 1.52 bits per heavy atom. The van der Waals surface area contributed by atoms with Gasteiger partial charge in [0.05, 0.1) is 6.54 Å². The minimum absolute atomic E-state index is 0.174. The van der Waals surface area contributed by atoms with Crippen molar-refractivity contribution in [2.24, 2.45) is 0 Å². The number of nitrogens with one attached hydrogen (secondary N) is 3. The van der Waals surface area contributed by atoms with E-state index in [0.717, 1.165) is 11.4 Å². The summed E-state index contributed by atoms with van der Waals surface area (Å²) in [5.41, 5.74) is 1.84. The molecule has 0 aliphatic rings. The number of amides is 2. The van der Waals surface area contributed by atoms with E-state index < -0.39 is 18.5 Å². The maximum absolute atomic E-state index is 11.6. The molecule has 2 amide bonds. The number of likely N-dealkylation sites (N-methyl/N-ethyl adjacent to an activating group) is 1. The predicted octanol–water partition coefficient (Wildman–Crippen LogP) is 1.21. The SMILES string of the molecule is CNC(=O)CNC(=O)COC(=O)COc1ccc(Nc2ccccc2)cc1. The second-order valence-corrected chi connectivity index (χ2v) is 5.41. The van der Waals surface area contributed by atoms with Crippen molar-refractivity contribution in [3.63, 3.8) is 0 Å². The molecule has 0 bridgehead atoms. The highest BCUT2D eigenvalue weighted by Crippen LogP contribution is 2.19. The summed E-state index contributed by atoms with van der Waals surface area (Å²) in [6.07, 6.45) is 0. The summed E-state index contributed by atoms with van der Waals surface area (Å²) in [6, 6.07) is 16.8. The fourth-order valence-electron chi connectivity index (χ4n) is 1.97. The van der Waals surface area contributed by atoms with Gasteiger partial charge in [-0.3, -0.25) is 9.59 Å². The van der Waals surface area contributed by atoms with E-state index in [1.165, 1.54) is 7.05 Å². The summed E-state index contributed by atoms with van der Waals surface area (Å²) in [6.45, 7) is -0.972. The molecule has 0 radical (unpaired) electrons. The summed E-state index contributed by atoms with van der Waals surface area (Å²) in [5.74, 6) is -1.10. The van der Waals surface area contributed by atoms with Gasteiger partial charge in [-0.15, -0.1) is 0 Å². The van der Waals surface area contributed by atoms with E-state index in [1.54, 1.807) is 12.1 Å². The molecule has 27 heavy (non-hydrogen) atoms. The van der Waals surface area contributed by atoms with Crippen molar-refractivity contribution in [2.45, 2.75) is 0 Å². The van der Waals surface area contributed by atoms with Crippen molar-refractivity contribution in [3.05, 3.63) is 54.6 Å². The number of hydrogen-bond donors (Lipinski definition) is 3. The second-order valence-electron chi connectivity index (χ2n) is 5.41. The van der Waals surface area contributed by atoms with Crippen LogP contribution in [0.2, 0.25) is 0 Å². The molecular formula is C19H21N3O5. The van der Waals surface area contributed by atoms with Crippen molar-refractivity contribution in [1.82, 2.24) is 10.6 Å². The van der Waals surface area contributed by atoms with Crippen LogP contribution < -0.4 is 20.7 Å². The number of rotatable bonds is 9. The van der Waals surface area contributed by atoms with Crippen LogP contribution >= 0.6 is 0 Å². The molecule has 0 saturated carbocycles. The number of ether oxygens (including phenoxy) is 2. The predicted molar refractivity (Wildman–Crippen MR) is 99.7 cm³/mol. The van der Waals surface area contributed by atoms with Crippen LogP contribution in [-0.4, -0.2) is 44.6 Å². The van der Waals surface area contributed by atoms with E-state index in [2.05, 4.69) is 16.0 Å². The Hall–Kier alpha value is -3.55. The van der Waals surface area contributed by atoms with Gasteiger partial charge < -0.3 is 25.4 Å². The van der Waals surface area contributed by atoms with E-state index in [4.69, 9.17) is 9.47 Å². The number of esters is 1. The van der Waals surface area contributed by atoms with Crippen LogP contribution in [0.15, 0.2) is 54.6 Å². The van der Waals surface area contributed by atoms with Gasteiger partial charge in [0, 0.05) is 18.4 Å². The zero-order valence-corrected chi connectivity index (χ0v) is 14.9. The summed E-state index contributed by atoms with van der Waals surface area (Å²) < 4.78 is 10.1. The van der Waals surface area contributed by atoms with Crippen LogP contribution in [0.25, 0.3) is 0 Å². The Bertz CT molecular complexity index is 763. The van der Waals surface area contributed by atoms with Gasteiger partial charge in [0.2, 0.25) is 5.91 Å². The smallest absolute Gasteiger partial charge is 0.344 e. The molecular weight excluding hydrogens is 350 g/mol. The Labute approximate surface area is 156 Å².